The van der Waals surface area contributed by atoms with Crippen LogP contribution < -0.4 is 10.1 Å². The molecule has 0 saturated carbocycles. The van der Waals surface area contributed by atoms with Crippen molar-refractivity contribution < 1.29 is 14.6 Å². The van der Waals surface area contributed by atoms with Crippen LogP contribution in [0.15, 0.2) is 73.1 Å². The zero-order valence-electron chi connectivity index (χ0n) is 26.3. The average molecular weight is 626 g/mol. The highest BCUT2D eigenvalue weighted by atomic mass is 35.5. The minimum atomic E-state index is -1.11. The molecule has 0 radical (unpaired) electrons. The molecule has 3 N–H and O–H groups in total. The third-order valence-electron chi connectivity index (χ3n) is 9.88. The Kier molecular flexibility index (Phi) is 9.50. The molecular formula is C38H44ClN3O3. The molecular weight excluding hydrogens is 582 g/mol. The number of aromatic nitrogens is 2. The number of H-pyrrole nitrogens is 1. The number of fused-ring (bicyclic) bond motifs is 2. The van der Waals surface area contributed by atoms with Crippen LogP contribution in [0, 0.1) is 11.8 Å². The third kappa shape index (κ3) is 7.22. The van der Waals surface area contributed by atoms with Gasteiger partial charge in [-0.05, 0) is 135 Å². The van der Waals surface area contributed by atoms with E-state index in [-0.39, 0.29) is 0 Å². The van der Waals surface area contributed by atoms with Gasteiger partial charge in [0.25, 0.3) is 0 Å². The fourth-order valence-corrected chi connectivity index (χ4v) is 7.64. The van der Waals surface area contributed by atoms with E-state index in [4.69, 9.17) is 16.3 Å². The number of halogens is 1. The number of hydrogen-bond acceptors (Lipinski definition) is 4. The van der Waals surface area contributed by atoms with Crippen molar-refractivity contribution in [2.45, 2.75) is 83.1 Å². The first kappa shape index (κ1) is 31.2. The van der Waals surface area contributed by atoms with E-state index < -0.39 is 11.5 Å². The molecule has 236 valence electrons. The minimum absolute atomic E-state index is 0.306. The summed E-state index contributed by atoms with van der Waals surface area (Å²) in [6, 6.07) is 20.2. The van der Waals surface area contributed by atoms with Gasteiger partial charge in [-0.1, -0.05) is 43.6 Å². The second kappa shape index (κ2) is 13.7. The molecule has 45 heavy (non-hydrogen) atoms. The molecule has 2 heterocycles. The van der Waals surface area contributed by atoms with Gasteiger partial charge in [-0.3, -0.25) is 4.98 Å². The van der Waals surface area contributed by atoms with E-state index in [0.717, 1.165) is 48.4 Å². The van der Waals surface area contributed by atoms with Gasteiger partial charge in [0.15, 0.2) is 0 Å². The van der Waals surface area contributed by atoms with Crippen LogP contribution >= 0.6 is 11.6 Å². The maximum atomic E-state index is 13.1. The van der Waals surface area contributed by atoms with Crippen LogP contribution in [0.5, 0.6) is 5.75 Å². The number of rotatable bonds is 9. The number of pyridine rings is 1. The summed E-state index contributed by atoms with van der Waals surface area (Å²) in [6.07, 6.45) is 11.5. The van der Waals surface area contributed by atoms with Crippen molar-refractivity contribution in [1.82, 2.24) is 9.97 Å². The molecule has 2 aliphatic carbocycles. The SMILES string of the molecule is C[C@@H](COc1ccnc2c1[C@H](C)CCC2)C[C@H]1CC[C@@](Nc2cccc(Cl)c2)(C(=O)O)CCc2cc(-c3ccc[nH]3)ccc2C1. The van der Waals surface area contributed by atoms with Crippen molar-refractivity contribution in [2.75, 3.05) is 11.9 Å². The van der Waals surface area contributed by atoms with Gasteiger partial charge >= 0.3 is 5.97 Å². The zero-order valence-corrected chi connectivity index (χ0v) is 27.1. The molecule has 0 unspecified atom stereocenters. The Morgan fingerprint density at radius 3 is 2.80 bits per heavy atom. The number of carboxylic acid groups (broad SMARTS) is 1. The quantitative estimate of drug-likeness (QED) is 0.173. The van der Waals surface area contributed by atoms with Crippen LogP contribution in [0.25, 0.3) is 11.3 Å². The third-order valence-corrected chi connectivity index (χ3v) is 10.1. The number of nitrogens with one attached hydrogen (secondary N) is 2. The van der Waals surface area contributed by atoms with Gasteiger partial charge in [0, 0.05) is 40.1 Å². The number of aromatic amines is 1. The summed E-state index contributed by atoms with van der Waals surface area (Å²) in [5.74, 6) is 1.23. The van der Waals surface area contributed by atoms with Crippen molar-refractivity contribution in [3.8, 4) is 17.0 Å². The Bertz CT molecular complexity index is 1620. The number of nitrogens with zero attached hydrogens (tertiary/aromatic N) is 1. The van der Waals surface area contributed by atoms with Crippen LogP contribution in [0.3, 0.4) is 0 Å². The summed E-state index contributed by atoms with van der Waals surface area (Å²) < 4.78 is 6.49. The van der Waals surface area contributed by atoms with E-state index in [9.17, 15) is 9.90 Å². The Morgan fingerprint density at radius 2 is 2.00 bits per heavy atom. The monoisotopic (exact) mass is 625 g/mol. The van der Waals surface area contributed by atoms with Crippen LogP contribution in [0.1, 0.15) is 80.7 Å². The standard InChI is InChI=1S/C38H44ClN3O3/c1-25(24-45-35-15-19-41-34-9-3-6-26(2)36(34)35)20-27-13-16-38(37(43)44,42-32-8-4-7-31(39)23-32)17-14-29-22-30(12-11-28(29)21-27)33-10-5-18-40-33/h4-5,7-8,10-12,15,18-19,22-23,25-27,40,42H,3,6,9,13-14,16-17,20-21,24H2,1-2H3,(H,43,44)/t25-,26-,27-,38+/m1/s1. The summed E-state index contributed by atoms with van der Waals surface area (Å²) in [5.41, 5.74) is 6.80. The predicted molar refractivity (Wildman–Crippen MR) is 181 cm³/mol. The first-order valence-electron chi connectivity index (χ1n) is 16.4. The first-order chi connectivity index (χ1) is 21.8. The molecule has 6 nitrogen and oxygen atoms in total. The number of hydrogen-bond donors (Lipinski definition) is 3. The second-order valence-corrected chi connectivity index (χ2v) is 13.7. The molecule has 0 saturated heterocycles. The Balaban J connectivity index is 1.25. The average Bonchev–Trinajstić information content (AvgIpc) is 3.58. The van der Waals surface area contributed by atoms with E-state index in [1.807, 2.05) is 48.8 Å². The van der Waals surface area contributed by atoms with Crippen LogP contribution in [-0.4, -0.2) is 33.2 Å². The normalized spacial score (nSPS) is 22.2. The Labute approximate surface area is 271 Å². The highest BCUT2D eigenvalue weighted by Gasteiger charge is 2.40. The van der Waals surface area contributed by atoms with Crippen molar-refractivity contribution in [2.24, 2.45) is 11.8 Å². The van der Waals surface area contributed by atoms with E-state index in [0.29, 0.717) is 48.6 Å². The lowest BCUT2D eigenvalue weighted by Crippen LogP contribution is -2.47. The summed E-state index contributed by atoms with van der Waals surface area (Å²) in [4.78, 5) is 21.1. The summed E-state index contributed by atoms with van der Waals surface area (Å²) >= 11 is 6.30. The molecule has 0 amide bonds. The lowest BCUT2D eigenvalue weighted by molar-refractivity contribution is -0.143. The fourth-order valence-electron chi connectivity index (χ4n) is 7.45. The molecule has 4 atom stereocenters. The maximum Gasteiger partial charge on any atom is 0.329 e. The van der Waals surface area contributed by atoms with Gasteiger partial charge in [0.2, 0.25) is 0 Å². The lowest BCUT2D eigenvalue weighted by atomic mass is 9.82. The molecule has 2 aliphatic rings. The number of ether oxygens (including phenoxy) is 1. The molecule has 0 aliphatic heterocycles. The highest BCUT2D eigenvalue weighted by Crippen LogP contribution is 2.38. The number of carbonyl (C=O) groups is 1. The summed E-state index contributed by atoms with van der Waals surface area (Å²) in [7, 11) is 0. The number of benzene rings is 2. The molecule has 6 rings (SSSR count). The molecule has 2 aromatic carbocycles. The van der Waals surface area contributed by atoms with Gasteiger partial charge in [-0.2, -0.15) is 0 Å². The van der Waals surface area contributed by atoms with E-state index in [1.165, 1.54) is 35.2 Å². The number of aryl methyl sites for hydroxylation is 2. The van der Waals surface area contributed by atoms with Gasteiger partial charge in [0.1, 0.15) is 11.3 Å². The number of aliphatic carboxylic acids is 1. The van der Waals surface area contributed by atoms with Crippen molar-refractivity contribution >= 4 is 23.3 Å². The summed E-state index contributed by atoms with van der Waals surface area (Å²) in [6.45, 7) is 5.16. The zero-order chi connectivity index (χ0) is 31.4. The minimum Gasteiger partial charge on any atom is -0.493 e. The fraction of sp³-hybridized carbons (Fsp3) is 0.421. The molecule has 4 aromatic rings. The molecule has 7 heteroatoms. The molecule has 0 spiro atoms. The van der Waals surface area contributed by atoms with Crippen LogP contribution in [0.2, 0.25) is 5.02 Å². The lowest BCUT2D eigenvalue weighted by Gasteiger charge is -2.33. The van der Waals surface area contributed by atoms with Gasteiger partial charge in [0.05, 0.1) is 6.61 Å². The van der Waals surface area contributed by atoms with Gasteiger partial charge in [-0.15, -0.1) is 0 Å². The van der Waals surface area contributed by atoms with Gasteiger partial charge in [-0.25, -0.2) is 4.79 Å². The smallest absolute Gasteiger partial charge is 0.329 e. The number of anilines is 1. The Hall–Kier alpha value is -3.77. The van der Waals surface area contributed by atoms with E-state index in [2.05, 4.69) is 53.4 Å². The van der Waals surface area contributed by atoms with Gasteiger partial charge < -0.3 is 20.1 Å². The highest BCUT2D eigenvalue weighted by molar-refractivity contribution is 6.30. The second-order valence-electron chi connectivity index (χ2n) is 13.3. The first-order valence-corrected chi connectivity index (χ1v) is 16.8. The van der Waals surface area contributed by atoms with Crippen molar-refractivity contribution in [1.29, 1.82) is 0 Å². The summed E-state index contributed by atoms with van der Waals surface area (Å²) in [5, 5.41) is 14.8. The largest absolute Gasteiger partial charge is 0.493 e. The van der Waals surface area contributed by atoms with E-state index in [1.54, 1.807) is 0 Å². The van der Waals surface area contributed by atoms with Crippen LogP contribution in [0.4, 0.5) is 5.69 Å². The van der Waals surface area contributed by atoms with Crippen molar-refractivity contribution in [3.05, 3.63) is 100 Å². The molecule has 2 aromatic heterocycles. The topological polar surface area (TPSA) is 87.2 Å². The van der Waals surface area contributed by atoms with E-state index >= 15 is 0 Å². The predicted octanol–water partition coefficient (Wildman–Crippen LogP) is 9.10. The molecule has 0 bridgehead atoms. The Morgan fingerprint density at radius 1 is 1.11 bits per heavy atom. The number of carboxylic acids is 1. The maximum absolute atomic E-state index is 13.1. The molecule has 0 fully saturated rings. The van der Waals surface area contributed by atoms with Crippen molar-refractivity contribution in [3.63, 3.8) is 0 Å². The van der Waals surface area contributed by atoms with Crippen LogP contribution in [-0.2, 0) is 24.1 Å².